The van der Waals surface area contributed by atoms with E-state index in [1.165, 1.54) is 16.0 Å². The van der Waals surface area contributed by atoms with Crippen LogP contribution in [0.15, 0.2) is 28.5 Å². The summed E-state index contributed by atoms with van der Waals surface area (Å²) >= 11 is 0. The van der Waals surface area contributed by atoms with E-state index < -0.39 is 35.5 Å². The number of amides is 2. The van der Waals surface area contributed by atoms with Gasteiger partial charge in [0.25, 0.3) is 0 Å². The maximum absolute atomic E-state index is 13.3. The van der Waals surface area contributed by atoms with Crippen LogP contribution in [0.2, 0.25) is 0 Å². The third-order valence-electron chi connectivity index (χ3n) is 7.23. The molecule has 3 aliphatic rings. The summed E-state index contributed by atoms with van der Waals surface area (Å²) in [5.74, 6) is -2.17. The van der Waals surface area contributed by atoms with Crippen molar-refractivity contribution in [3.63, 3.8) is 0 Å². The van der Waals surface area contributed by atoms with Crippen LogP contribution in [0.4, 0.5) is 0 Å². The van der Waals surface area contributed by atoms with Crippen LogP contribution in [0.1, 0.15) is 73.6 Å². The van der Waals surface area contributed by atoms with E-state index in [4.69, 9.17) is 4.84 Å². The van der Waals surface area contributed by atoms with Gasteiger partial charge in [-0.3, -0.25) is 14.5 Å². The zero-order chi connectivity index (χ0) is 24.5. The number of oxime groups is 1. The summed E-state index contributed by atoms with van der Waals surface area (Å²) < 4.78 is 0. The van der Waals surface area contributed by atoms with Gasteiger partial charge in [-0.1, -0.05) is 22.4 Å². The molecule has 7 heteroatoms. The van der Waals surface area contributed by atoms with Crippen molar-refractivity contribution in [3.8, 4) is 0 Å². The minimum atomic E-state index is -1.06. The van der Waals surface area contributed by atoms with Crippen LogP contribution in [0.5, 0.6) is 0 Å². The fraction of sp³-hybridized carbons (Fsp3) is 0.731. The number of carbonyl (C=O) groups excluding carboxylic acids is 2. The van der Waals surface area contributed by atoms with Crippen molar-refractivity contribution in [2.24, 2.45) is 28.8 Å². The third kappa shape index (κ3) is 5.40. The Kier molecular flexibility index (Phi) is 7.84. The Balaban J connectivity index is 1.73. The normalized spacial score (nSPS) is 33.8. The minimum absolute atomic E-state index is 0.160. The van der Waals surface area contributed by atoms with Gasteiger partial charge >= 0.3 is 0 Å². The lowest BCUT2D eigenvalue weighted by Crippen LogP contribution is -2.55. The zero-order valence-electron chi connectivity index (χ0n) is 20.9. The number of aliphatic hydroxyl groups excluding tert-OH is 2. The Hall–Kier alpha value is -1.99. The molecule has 0 aromatic rings. The number of likely N-dealkylation sites (tertiary alicyclic amines) is 1. The van der Waals surface area contributed by atoms with E-state index in [-0.39, 0.29) is 24.2 Å². The highest BCUT2D eigenvalue weighted by Gasteiger charge is 2.61. The molecule has 1 heterocycles. The first-order chi connectivity index (χ1) is 15.4. The number of rotatable bonds is 6. The average molecular weight is 461 g/mol. The Morgan fingerprint density at radius 1 is 1.09 bits per heavy atom. The molecule has 0 aromatic heterocycles. The Bertz CT molecular complexity index is 849. The molecular formula is C26H40N2O5. The van der Waals surface area contributed by atoms with Crippen LogP contribution < -0.4 is 0 Å². The number of hydrogen-bond acceptors (Lipinski definition) is 6. The molecule has 0 radical (unpaired) electrons. The molecule has 1 saturated heterocycles. The quantitative estimate of drug-likeness (QED) is 0.273. The first-order valence-electron chi connectivity index (χ1n) is 12.1. The highest BCUT2D eigenvalue weighted by molar-refractivity contribution is 6.06. The van der Waals surface area contributed by atoms with Crippen LogP contribution in [-0.2, 0) is 14.4 Å². The molecule has 0 aromatic carbocycles. The van der Waals surface area contributed by atoms with Gasteiger partial charge in [0.1, 0.15) is 6.61 Å². The van der Waals surface area contributed by atoms with Gasteiger partial charge in [0.2, 0.25) is 11.8 Å². The lowest BCUT2D eigenvalue weighted by atomic mass is 9.60. The predicted octanol–water partition coefficient (Wildman–Crippen LogP) is 3.60. The van der Waals surface area contributed by atoms with E-state index in [1.54, 1.807) is 0 Å². The number of carbonyl (C=O) groups is 2. The maximum atomic E-state index is 13.3. The second-order valence-corrected chi connectivity index (χ2v) is 11.1. The molecule has 7 nitrogen and oxygen atoms in total. The molecule has 1 aliphatic heterocycles. The number of fused-ring (bicyclic) bond motifs is 3. The lowest BCUT2D eigenvalue weighted by Gasteiger charge is -2.45. The van der Waals surface area contributed by atoms with Crippen molar-refractivity contribution in [2.45, 2.75) is 91.4 Å². The Morgan fingerprint density at radius 2 is 1.76 bits per heavy atom. The molecule has 184 valence electrons. The molecule has 2 N–H and O–H groups in total. The molecule has 3 rings (SSSR count). The first-order valence-corrected chi connectivity index (χ1v) is 12.1. The molecule has 3 fully saturated rings. The van der Waals surface area contributed by atoms with Crippen LogP contribution in [-0.4, -0.2) is 57.0 Å². The standard InChI is InChI=1S/C26H40N2O5/c1-15(2)8-7-9-16(3)12-13-33-27-19-14-20(29)23(30)21-17(19)10-11-18-22(21)25(32)28(24(18)31)26(4,5)6/h8,12,17-18,20-23,29-30H,7,9-11,13-14H2,1-6H3/b16-12+,27-19+/t17-,18+,20+,21-,22+,23+/m0/s1. The molecule has 2 amide bonds. The van der Waals surface area contributed by atoms with Gasteiger partial charge in [0.15, 0.2) is 0 Å². The zero-order valence-corrected chi connectivity index (χ0v) is 20.9. The molecular weight excluding hydrogens is 420 g/mol. The number of allylic oxidation sites excluding steroid dienone is 3. The molecule has 0 bridgehead atoms. The van der Waals surface area contributed by atoms with Crippen LogP contribution >= 0.6 is 0 Å². The van der Waals surface area contributed by atoms with Gasteiger partial charge in [0, 0.05) is 23.8 Å². The molecule has 0 unspecified atom stereocenters. The van der Waals surface area contributed by atoms with Gasteiger partial charge in [-0.15, -0.1) is 0 Å². The van der Waals surface area contributed by atoms with Crippen molar-refractivity contribution in [1.29, 1.82) is 0 Å². The van der Waals surface area contributed by atoms with Gasteiger partial charge in [-0.25, -0.2) is 0 Å². The second-order valence-electron chi connectivity index (χ2n) is 11.1. The van der Waals surface area contributed by atoms with Crippen LogP contribution in [0.3, 0.4) is 0 Å². The fourth-order valence-corrected chi connectivity index (χ4v) is 5.63. The van der Waals surface area contributed by atoms with Crippen LogP contribution in [0, 0.1) is 23.7 Å². The summed E-state index contributed by atoms with van der Waals surface area (Å²) in [6.45, 7) is 12.1. The van der Waals surface area contributed by atoms with E-state index in [0.717, 1.165) is 12.8 Å². The lowest BCUT2D eigenvalue weighted by molar-refractivity contribution is -0.146. The van der Waals surface area contributed by atoms with Crippen molar-refractivity contribution in [3.05, 3.63) is 23.3 Å². The van der Waals surface area contributed by atoms with E-state index in [2.05, 4.69) is 32.0 Å². The summed E-state index contributed by atoms with van der Waals surface area (Å²) in [5.41, 5.74) is 2.60. The van der Waals surface area contributed by atoms with Crippen molar-refractivity contribution < 1.29 is 24.6 Å². The average Bonchev–Trinajstić information content (AvgIpc) is 2.98. The largest absolute Gasteiger partial charge is 0.392 e. The summed E-state index contributed by atoms with van der Waals surface area (Å²) in [4.78, 5) is 33.3. The number of aliphatic hydroxyl groups is 2. The van der Waals surface area contributed by atoms with E-state index in [9.17, 15) is 19.8 Å². The molecule has 33 heavy (non-hydrogen) atoms. The maximum Gasteiger partial charge on any atom is 0.233 e. The summed E-state index contributed by atoms with van der Waals surface area (Å²) in [6, 6.07) is 0. The van der Waals surface area contributed by atoms with E-state index in [0.29, 0.717) is 25.2 Å². The minimum Gasteiger partial charge on any atom is -0.392 e. The highest BCUT2D eigenvalue weighted by Crippen LogP contribution is 2.50. The van der Waals surface area contributed by atoms with Crippen molar-refractivity contribution in [1.82, 2.24) is 4.90 Å². The van der Waals surface area contributed by atoms with Gasteiger partial charge in [-0.05, 0) is 73.3 Å². The topological polar surface area (TPSA) is 99.4 Å². The number of imide groups is 1. The summed E-state index contributed by atoms with van der Waals surface area (Å²) in [7, 11) is 0. The Labute approximate surface area is 197 Å². The summed E-state index contributed by atoms with van der Waals surface area (Å²) in [6.07, 6.45) is 5.52. The summed E-state index contributed by atoms with van der Waals surface area (Å²) in [5, 5.41) is 25.8. The predicted molar refractivity (Wildman–Crippen MR) is 127 cm³/mol. The van der Waals surface area contributed by atoms with E-state index in [1.807, 2.05) is 26.8 Å². The molecule has 2 aliphatic carbocycles. The SMILES string of the molecule is CC(C)=CCC/C(C)=C/CO/N=C1\C[C@@H](O)[C@@H](O)[C@@H]2[C@@H]3C(=O)N(C(C)(C)C)C(=O)[C@@H]3CC[C@@H]12. The monoisotopic (exact) mass is 460 g/mol. The molecule has 6 atom stereocenters. The van der Waals surface area contributed by atoms with E-state index >= 15 is 0 Å². The highest BCUT2D eigenvalue weighted by atomic mass is 16.6. The fourth-order valence-electron chi connectivity index (χ4n) is 5.63. The van der Waals surface area contributed by atoms with Crippen molar-refractivity contribution >= 4 is 17.5 Å². The first kappa shape index (κ1) is 25.6. The number of hydrogen-bond donors (Lipinski definition) is 2. The molecule has 2 saturated carbocycles. The van der Waals surface area contributed by atoms with Gasteiger partial charge in [0.05, 0.1) is 29.8 Å². The Morgan fingerprint density at radius 3 is 2.39 bits per heavy atom. The van der Waals surface area contributed by atoms with Crippen molar-refractivity contribution in [2.75, 3.05) is 6.61 Å². The number of nitrogens with zero attached hydrogens (tertiary/aromatic N) is 2. The van der Waals surface area contributed by atoms with Crippen LogP contribution in [0.25, 0.3) is 0 Å². The molecule has 0 spiro atoms. The smallest absolute Gasteiger partial charge is 0.233 e. The van der Waals surface area contributed by atoms with Gasteiger partial charge in [-0.2, -0.15) is 0 Å². The second kappa shape index (κ2) is 10.1. The van der Waals surface area contributed by atoms with Gasteiger partial charge < -0.3 is 15.1 Å². The third-order valence-corrected chi connectivity index (χ3v) is 7.23.